The van der Waals surface area contributed by atoms with Crippen molar-refractivity contribution in [2.45, 2.75) is 0 Å². The fourth-order valence-electron chi connectivity index (χ4n) is 2.82. The largest absolute Gasteiger partial charge is 0.478 e. The topological polar surface area (TPSA) is 96.4 Å². The average molecular weight is 398 g/mol. The molecular weight excluding hydrogens is 380 g/mol. The number of ether oxygens (including phenoxy) is 1. The van der Waals surface area contributed by atoms with Crippen LogP contribution in [0.4, 0.5) is 23.0 Å². The van der Waals surface area contributed by atoms with Crippen LogP contribution in [0.1, 0.15) is 10.4 Å². The molecule has 0 aliphatic heterocycles. The van der Waals surface area contributed by atoms with Crippen LogP contribution >= 0.6 is 0 Å². The predicted molar refractivity (Wildman–Crippen MR) is 115 cm³/mol. The van der Waals surface area contributed by atoms with Crippen LogP contribution in [0.15, 0.2) is 91.3 Å². The molecule has 148 valence electrons. The highest BCUT2D eigenvalue weighted by Crippen LogP contribution is 2.31. The second-order valence-electron chi connectivity index (χ2n) is 6.30. The number of nitrogens with zero attached hydrogens (tertiary/aromatic N) is 2. The maximum Gasteiger partial charge on any atom is 0.337 e. The second-order valence-corrected chi connectivity index (χ2v) is 6.30. The summed E-state index contributed by atoms with van der Waals surface area (Å²) in [7, 11) is 0. The van der Waals surface area contributed by atoms with E-state index in [9.17, 15) is 9.90 Å². The first-order valence-corrected chi connectivity index (χ1v) is 9.19. The highest BCUT2D eigenvalue weighted by molar-refractivity contribution is 5.95. The summed E-state index contributed by atoms with van der Waals surface area (Å²) >= 11 is 0. The molecule has 0 aliphatic carbocycles. The van der Waals surface area contributed by atoms with Crippen LogP contribution in [0, 0.1) is 0 Å². The third-order valence-electron chi connectivity index (χ3n) is 4.21. The van der Waals surface area contributed by atoms with Crippen molar-refractivity contribution in [3.8, 4) is 11.5 Å². The van der Waals surface area contributed by atoms with Gasteiger partial charge in [-0.25, -0.2) is 14.8 Å². The smallest absolute Gasteiger partial charge is 0.337 e. The van der Waals surface area contributed by atoms with E-state index in [2.05, 4.69) is 20.6 Å². The summed E-state index contributed by atoms with van der Waals surface area (Å²) in [6.45, 7) is 0. The van der Waals surface area contributed by atoms with E-state index in [4.69, 9.17) is 4.74 Å². The Bertz CT molecular complexity index is 1170. The first kappa shape index (κ1) is 18.9. The number of aromatic nitrogens is 2. The van der Waals surface area contributed by atoms with Gasteiger partial charge >= 0.3 is 5.97 Å². The number of carboxylic acid groups (broad SMARTS) is 1. The lowest BCUT2D eigenvalue weighted by atomic mass is 10.2. The summed E-state index contributed by atoms with van der Waals surface area (Å²) in [5.41, 5.74) is 1.34. The fraction of sp³-hybridized carbons (Fsp3) is 0. The zero-order chi connectivity index (χ0) is 20.8. The quantitative estimate of drug-likeness (QED) is 0.381. The van der Waals surface area contributed by atoms with Crippen LogP contribution in [0.2, 0.25) is 0 Å². The Balaban J connectivity index is 1.55. The van der Waals surface area contributed by atoms with Crippen LogP contribution in [0.25, 0.3) is 0 Å². The predicted octanol–water partition coefficient (Wildman–Crippen LogP) is 5.45. The number of hydrogen-bond donors (Lipinski definition) is 3. The molecule has 0 saturated heterocycles. The Labute approximate surface area is 173 Å². The second kappa shape index (κ2) is 8.74. The van der Waals surface area contributed by atoms with E-state index in [0.29, 0.717) is 23.1 Å². The Hall–Kier alpha value is -4.39. The number of nitrogens with one attached hydrogen (secondary N) is 2. The van der Waals surface area contributed by atoms with Gasteiger partial charge < -0.3 is 20.5 Å². The Morgan fingerprint density at radius 3 is 2.10 bits per heavy atom. The number of anilines is 4. The molecule has 0 spiro atoms. The number of para-hydroxylation sites is 4. The molecule has 4 rings (SSSR count). The van der Waals surface area contributed by atoms with Gasteiger partial charge in [0.25, 0.3) is 0 Å². The minimum absolute atomic E-state index is 0.159. The number of hydrogen-bond acceptors (Lipinski definition) is 6. The van der Waals surface area contributed by atoms with Gasteiger partial charge in [-0.2, -0.15) is 0 Å². The van der Waals surface area contributed by atoms with Crippen molar-refractivity contribution >= 4 is 29.0 Å². The molecule has 1 heterocycles. The fourth-order valence-corrected chi connectivity index (χ4v) is 2.82. The van der Waals surface area contributed by atoms with E-state index in [-0.39, 0.29) is 5.56 Å². The number of carbonyl (C=O) groups is 1. The molecule has 0 saturated carbocycles. The van der Waals surface area contributed by atoms with Gasteiger partial charge in [-0.1, -0.05) is 42.5 Å². The lowest BCUT2D eigenvalue weighted by Gasteiger charge is -2.13. The minimum atomic E-state index is -1.02. The molecule has 1 aromatic heterocycles. The van der Waals surface area contributed by atoms with Gasteiger partial charge in [0.1, 0.15) is 23.7 Å². The molecule has 3 aromatic carbocycles. The van der Waals surface area contributed by atoms with Gasteiger partial charge in [-0.15, -0.1) is 0 Å². The summed E-state index contributed by atoms with van der Waals surface area (Å²) < 4.78 is 5.96. The molecule has 0 radical (unpaired) electrons. The molecule has 0 fully saturated rings. The van der Waals surface area contributed by atoms with Gasteiger partial charge in [0.05, 0.1) is 16.9 Å². The van der Waals surface area contributed by atoms with Crippen molar-refractivity contribution in [3.63, 3.8) is 0 Å². The summed E-state index contributed by atoms with van der Waals surface area (Å²) in [6, 6.07) is 25.3. The monoisotopic (exact) mass is 398 g/mol. The van der Waals surface area contributed by atoms with Gasteiger partial charge in [-0.3, -0.25) is 0 Å². The van der Waals surface area contributed by atoms with Crippen LogP contribution in [0.3, 0.4) is 0 Å². The molecule has 0 bridgehead atoms. The first-order chi connectivity index (χ1) is 14.7. The summed E-state index contributed by atoms with van der Waals surface area (Å²) in [5.74, 6) is 1.35. The molecule has 3 N–H and O–H groups in total. The lowest BCUT2D eigenvalue weighted by Crippen LogP contribution is -2.04. The Morgan fingerprint density at radius 2 is 1.37 bits per heavy atom. The molecule has 0 unspecified atom stereocenters. The van der Waals surface area contributed by atoms with E-state index in [0.717, 1.165) is 11.4 Å². The molecule has 7 nitrogen and oxygen atoms in total. The number of aromatic carboxylic acids is 1. The molecule has 30 heavy (non-hydrogen) atoms. The van der Waals surface area contributed by atoms with E-state index < -0.39 is 5.97 Å². The van der Waals surface area contributed by atoms with Gasteiger partial charge in [0.15, 0.2) is 5.75 Å². The van der Waals surface area contributed by atoms with Gasteiger partial charge in [0.2, 0.25) is 0 Å². The Kier molecular flexibility index (Phi) is 5.52. The van der Waals surface area contributed by atoms with Crippen LogP contribution < -0.4 is 15.4 Å². The van der Waals surface area contributed by atoms with Crippen molar-refractivity contribution in [2.75, 3.05) is 10.6 Å². The maximum atomic E-state index is 11.4. The summed E-state index contributed by atoms with van der Waals surface area (Å²) in [5, 5.41) is 15.6. The van der Waals surface area contributed by atoms with Crippen LogP contribution in [-0.2, 0) is 0 Å². The van der Waals surface area contributed by atoms with E-state index in [1.54, 1.807) is 24.3 Å². The van der Waals surface area contributed by atoms with Gasteiger partial charge in [0, 0.05) is 6.07 Å². The standard InChI is InChI=1S/C23H18N4O3/c28-23(29)17-10-4-5-11-18(17)26-21-14-22(25-15-24-21)27-19-12-6-7-13-20(19)30-16-8-2-1-3-9-16/h1-15H,(H,28,29)(H2,24,25,26,27). The molecule has 4 aromatic rings. The summed E-state index contributed by atoms with van der Waals surface area (Å²) in [6.07, 6.45) is 1.40. The molecule has 0 amide bonds. The summed E-state index contributed by atoms with van der Waals surface area (Å²) in [4.78, 5) is 19.8. The minimum Gasteiger partial charge on any atom is -0.478 e. The maximum absolute atomic E-state index is 11.4. The molecule has 0 aliphatic rings. The lowest BCUT2D eigenvalue weighted by molar-refractivity contribution is 0.0698. The van der Waals surface area contributed by atoms with Crippen molar-refractivity contribution in [1.82, 2.24) is 9.97 Å². The number of rotatable bonds is 7. The molecular formula is C23H18N4O3. The molecule has 7 heteroatoms. The van der Waals surface area contributed by atoms with E-state index in [1.165, 1.54) is 12.4 Å². The van der Waals surface area contributed by atoms with E-state index in [1.807, 2.05) is 54.6 Å². The van der Waals surface area contributed by atoms with Crippen LogP contribution in [-0.4, -0.2) is 21.0 Å². The Morgan fingerprint density at radius 1 is 0.767 bits per heavy atom. The third-order valence-corrected chi connectivity index (χ3v) is 4.21. The highest BCUT2D eigenvalue weighted by Gasteiger charge is 2.11. The molecule has 0 atom stereocenters. The normalized spacial score (nSPS) is 10.3. The van der Waals surface area contributed by atoms with Crippen molar-refractivity contribution in [1.29, 1.82) is 0 Å². The van der Waals surface area contributed by atoms with Crippen LogP contribution in [0.5, 0.6) is 11.5 Å². The van der Waals surface area contributed by atoms with E-state index >= 15 is 0 Å². The first-order valence-electron chi connectivity index (χ1n) is 9.19. The zero-order valence-electron chi connectivity index (χ0n) is 15.8. The highest BCUT2D eigenvalue weighted by atomic mass is 16.5. The SMILES string of the molecule is O=C(O)c1ccccc1Nc1cc(Nc2ccccc2Oc2ccccc2)ncn1. The number of carboxylic acids is 1. The number of benzene rings is 3. The van der Waals surface area contributed by atoms with Crippen molar-refractivity contribution in [3.05, 3.63) is 96.8 Å². The average Bonchev–Trinajstić information content (AvgIpc) is 2.76. The van der Waals surface area contributed by atoms with Crippen molar-refractivity contribution < 1.29 is 14.6 Å². The third kappa shape index (κ3) is 4.53. The van der Waals surface area contributed by atoms with Crippen molar-refractivity contribution in [2.24, 2.45) is 0 Å². The van der Waals surface area contributed by atoms with Gasteiger partial charge in [-0.05, 0) is 36.4 Å². The zero-order valence-corrected chi connectivity index (χ0v) is 15.8.